The van der Waals surface area contributed by atoms with Crippen LogP contribution in [0.25, 0.3) is 0 Å². The molecule has 2 rings (SSSR count). The molecule has 0 aromatic heterocycles. The number of ether oxygens (including phenoxy) is 1. The summed E-state index contributed by atoms with van der Waals surface area (Å²) < 4.78 is 5.54. The molecule has 4 heteroatoms. The second-order valence-corrected chi connectivity index (χ2v) is 5.91. The molecule has 1 fully saturated rings. The van der Waals surface area contributed by atoms with Gasteiger partial charge in [-0.25, -0.2) is 0 Å². The SMILES string of the molecule is Cc1cc(C)c(NC(=O)CCNCC2CCCO2)c(C)c1. The molecule has 1 saturated heterocycles. The number of anilines is 1. The third-order valence-electron chi connectivity index (χ3n) is 3.87. The number of nitrogens with one attached hydrogen (secondary N) is 2. The second-order valence-electron chi connectivity index (χ2n) is 5.91. The first-order valence-electron chi connectivity index (χ1n) is 7.76. The van der Waals surface area contributed by atoms with E-state index in [-0.39, 0.29) is 5.91 Å². The highest BCUT2D eigenvalue weighted by atomic mass is 16.5. The molecule has 0 bridgehead atoms. The molecule has 0 spiro atoms. The third-order valence-corrected chi connectivity index (χ3v) is 3.87. The summed E-state index contributed by atoms with van der Waals surface area (Å²) in [5.41, 5.74) is 4.41. The molecule has 1 atom stereocenters. The van der Waals surface area contributed by atoms with Crippen LogP contribution in [0, 0.1) is 20.8 Å². The summed E-state index contributed by atoms with van der Waals surface area (Å²) in [5.74, 6) is 0.0601. The summed E-state index contributed by atoms with van der Waals surface area (Å²) in [6.45, 7) is 8.54. The minimum Gasteiger partial charge on any atom is -0.377 e. The van der Waals surface area contributed by atoms with Gasteiger partial charge in [0, 0.05) is 31.8 Å². The monoisotopic (exact) mass is 290 g/mol. The summed E-state index contributed by atoms with van der Waals surface area (Å²) >= 11 is 0. The van der Waals surface area contributed by atoms with Gasteiger partial charge in [-0.3, -0.25) is 4.79 Å². The van der Waals surface area contributed by atoms with Crippen molar-refractivity contribution in [3.8, 4) is 0 Å². The van der Waals surface area contributed by atoms with Crippen LogP contribution in [0.1, 0.15) is 36.0 Å². The molecule has 21 heavy (non-hydrogen) atoms. The minimum absolute atomic E-state index is 0.0601. The van der Waals surface area contributed by atoms with Gasteiger partial charge in [-0.05, 0) is 44.7 Å². The molecular weight excluding hydrogens is 264 g/mol. The smallest absolute Gasteiger partial charge is 0.225 e. The molecule has 1 amide bonds. The summed E-state index contributed by atoms with van der Waals surface area (Å²) in [4.78, 5) is 12.0. The van der Waals surface area contributed by atoms with Crippen LogP contribution in [-0.2, 0) is 9.53 Å². The first-order chi connectivity index (χ1) is 10.1. The van der Waals surface area contributed by atoms with Crippen LogP contribution in [0.4, 0.5) is 5.69 Å². The fourth-order valence-corrected chi connectivity index (χ4v) is 2.85. The van der Waals surface area contributed by atoms with Gasteiger partial charge in [0.1, 0.15) is 0 Å². The van der Waals surface area contributed by atoms with Gasteiger partial charge >= 0.3 is 0 Å². The Hall–Kier alpha value is -1.39. The number of carbonyl (C=O) groups excluding carboxylic acids is 1. The Labute approximate surface area is 127 Å². The van der Waals surface area contributed by atoms with Gasteiger partial charge in [0.15, 0.2) is 0 Å². The number of hydrogen-bond donors (Lipinski definition) is 2. The molecule has 1 aromatic carbocycles. The molecule has 0 aliphatic carbocycles. The third kappa shape index (κ3) is 4.83. The normalized spacial score (nSPS) is 18.0. The zero-order chi connectivity index (χ0) is 15.2. The van der Waals surface area contributed by atoms with Crippen molar-refractivity contribution in [3.63, 3.8) is 0 Å². The highest BCUT2D eigenvalue weighted by molar-refractivity contribution is 5.92. The lowest BCUT2D eigenvalue weighted by Crippen LogP contribution is -2.29. The Kier molecular flexibility index (Phi) is 5.76. The maximum atomic E-state index is 12.0. The quantitative estimate of drug-likeness (QED) is 0.792. The van der Waals surface area contributed by atoms with E-state index in [9.17, 15) is 4.79 Å². The van der Waals surface area contributed by atoms with E-state index in [0.717, 1.165) is 42.8 Å². The Morgan fingerprint density at radius 2 is 2.00 bits per heavy atom. The maximum Gasteiger partial charge on any atom is 0.225 e. The highest BCUT2D eigenvalue weighted by Crippen LogP contribution is 2.21. The van der Waals surface area contributed by atoms with Crippen LogP contribution in [0.15, 0.2) is 12.1 Å². The topological polar surface area (TPSA) is 50.4 Å². The van der Waals surface area contributed by atoms with E-state index < -0.39 is 0 Å². The molecule has 1 aliphatic heterocycles. The van der Waals surface area contributed by atoms with Gasteiger partial charge in [-0.2, -0.15) is 0 Å². The molecule has 2 N–H and O–H groups in total. The van der Waals surface area contributed by atoms with Gasteiger partial charge < -0.3 is 15.4 Å². The van der Waals surface area contributed by atoms with Crippen molar-refractivity contribution in [1.82, 2.24) is 5.32 Å². The molecule has 1 heterocycles. The van der Waals surface area contributed by atoms with Crippen molar-refractivity contribution in [3.05, 3.63) is 28.8 Å². The number of rotatable bonds is 6. The van der Waals surface area contributed by atoms with Gasteiger partial charge in [0.2, 0.25) is 5.91 Å². The van der Waals surface area contributed by atoms with Gasteiger partial charge in [-0.1, -0.05) is 17.7 Å². The molecule has 1 unspecified atom stereocenters. The summed E-state index contributed by atoms with van der Waals surface area (Å²) in [7, 11) is 0. The summed E-state index contributed by atoms with van der Waals surface area (Å²) in [6, 6.07) is 4.19. The largest absolute Gasteiger partial charge is 0.377 e. The van der Waals surface area contributed by atoms with E-state index in [1.54, 1.807) is 0 Å². The van der Waals surface area contributed by atoms with Crippen molar-refractivity contribution in [2.24, 2.45) is 0 Å². The van der Waals surface area contributed by atoms with Crippen LogP contribution in [0.2, 0.25) is 0 Å². The maximum absolute atomic E-state index is 12.0. The van der Waals surface area contributed by atoms with Gasteiger partial charge in [0.25, 0.3) is 0 Å². The summed E-state index contributed by atoms with van der Waals surface area (Å²) in [5, 5.41) is 6.32. The Bertz CT molecular complexity index is 471. The lowest BCUT2D eigenvalue weighted by Gasteiger charge is -2.14. The Morgan fingerprint density at radius 3 is 2.62 bits per heavy atom. The van der Waals surface area contributed by atoms with Gasteiger partial charge in [0.05, 0.1) is 6.10 Å². The van der Waals surface area contributed by atoms with Crippen LogP contribution in [0.3, 0.4) is 0 Å². The lowest BCUT2D eigenvalue weighted by atomic mass is 10.1. The summed E-state index contributed by atoms with van der Waals surface area (Å²) in [6.07, 6.45) is 3.09. The second kappa shape index (κ2) is 7.57. The van der Waals surface area contributed by atoms with Crippen LogP contribution in [-0.4, -0.2) is 31.7 Å². The minimum atomic E-state index is 0.0601. The molecule has 0 radical (unpaired) electrons. The highest BCUT2D eigenvalue weighted by Gasteiger charge is 2.14. The number of carbonyl (C=O) groups is 1. The zero-order valence-corrected chi connectivity index (χ0v) is 13.3. The number of amides is 1. The number of benzene rings is 1. The molecule has 4 nitrogen and oxygen atoms in total. The first kappa shape index (κ1) is 16.0. The van der Waals surface area contributed by atoms with E-state index in [1.807, 2.05) is 13.8 Å². The first-order valence-corrected chi connectivity index (χ1v) is 7.76. The molecule has 1 aromatic rings. The van der Waals surface area contributed by atoms with Crippen LogP contribution >= 0.6 is 0 Å². The van der Waals surface area contributed by atoms with E-state index in [0.29, 0.717) is 19.1 Å². The van der Waals surface area contributed by atoms with E-state index in [4.69, 9.17) is 4.74 Å². The lowest BCUT2D eigenvalue weighted by molar-refractivity contribution is -0.116. The van der Waals surface area contributed by atoms with Crippen LogP contribution in [0.5, 0.6) is 0 Å². The molecule has 116 valence electrons. The van der Waals surface area contributed by atoms with Crippen molar-refractivity contribution in [2.45, 2.75) is 46.1 Å². The van der Waals surface area contributed by atoms with Crippen molar-refractivity contribution < 1.29 is 9.53 Å². The Morgan fingerprint density at radius 1 is 1.29 bits per heavy atom. The molecule has 1 aliphatic rings. The predicted molar refractivity (Wildman–Crippen MR) is 85.7 cm³/mol. The van der Waals surface area contributed by atoms with E-state index in [2.05, 4.69) is 29.7 Å². The van der Waals surface area contributed by atoms with Crippen molar-refractivity contribution in [2.75, 3.05) is 25.0 Å². The number of hydrogen-bond acceptors (Lipinski definition) is 3. The predicted octanol–water partition coefficient (Wildman–Crippen LogP) is 2.71. The van der Waals surface area contributed by atoms with E-state index in [1.165, 1.54) is 5.56 Å². The fraction of sp³-hybridized carbons (Fsp3) is 0.588. The average Bonchev–Trinajstić information content (AvgIpc) is 2.92. The van der Waals surface area contributed by atoms with Crippen molar-refractivity contribution in [1.29, 1.82) is 0 Å². The zero-order valence-electron chi connectivity index (χ0n) is 13.3. The average molecular weight is 290 g/mol. The Balaban J connectivity index is 1.74. The molecule has 0 saturated carbocycles. The van der Waals surface area contributed by atoms with Gasteiger partial charge in [-0.15, -0.1) is 0 Å². The fourth-order valence-electron chi connectivity index (χ4n) is 2.85. The standard InChI is InChI=1S/C17H26N2O2/c1-12-9-13(2)17(14(3)10-12)19-16(20)6-7-18-11-15-5-4-8-21-15/h9-10,15,18H,4-8,11H2,1-3H3,(H,19,20). The number of aryl methyl sites for hydroxylation is 3. The van der Waals surface area contributed by atoms with Crippen LogP contribution < -0.4 is 10.6 Å². The van der Waals surface area contributed by atoms with E-state index >= 15 is 0 Å². The molecular formula is C17H26N2O2. The van der Waals surface area contributed by atoms with Crippen molar-refractivity contribution >= 4 is 11.6 Å².